The van der Waals surface area contributed by atoms with Crippen molar-refractivity contribution in [3.8, 4) is 23.0 Å². The summed E-state index contributed by atoms with van der Waals surface area (Å²) in [4.78, 5) is 10.5. The SMILES string of the molecule is CCOc1cc(/C=N/OCCCCO/N=C/c2ccc(O)c(OCC)c2)ccc1O. The van der Waals surface area contributed by atoms with E-state index in [9.17, 15) is 10.2 Å². The highest BCUT2D eigenvalue weighted by molar-refractivity contribution is 5.81. The molecule has 0 fully saturated rings. The molecule has 0 saturated carbocycles. The summed E-state index contributed by atoms with van der Waals surface area (Å²) in [6, 6.07) is 9.95. The van der Waals surface area contributed by atoms with Gasteiger partial charge in [-0.05, 0) is 63.1 Å². The molecule has 0 saturated heterocycles. The van der Waals surface area contributed by atoms with E-state index in [1.54, 1.807) is 48.8 Å². The lowest BCUT2D eigenvalue weighted by Crippen LogP contribution is -1.95. The van der Waals surface area contributed by atoms with Crippen molar-refractivity contribution in [2.45, 2.75) is 26.7 Å². The van der Waals surface area contributed by atoms with Gasteiger partial charge >= 0.3 is 0 Å². The van der Waals surface area contributed by atoms with Crippen LogP contribution in [0.3, 0.4) is 0 Å². The number of ether oxygens (including phenoxy) is 2. The van der Waals surface area contributed by atoms with E-state index >= 15 is 0 Å². The summed E-state index contributed by atoms with van der Waals surface area (Å²) >= 11 is 0. The first-order valence-corrected chi connectivity index (χ1v) is 9.86. The molecular weight excluding hydrogens is 388 g/mol. The van der Waals surface area contributed by atoms with Crippen LogP contribution in [0.25, 0.3) is 0 Å². The van der Waals surface area contributed by atoms with E-state index in [0.717, 1.165) is 24.0 Å². The topological polar surface area (TPSA) is 102 Å². The highest BCUT2D eigenvalue weighted by atomic mass is 16.6. The molecule has 0 aromatic heterocycles. The molecule has 0 atom stereocenters. The van der Waals surface area contributed by atoms with Gasteiger partial charge in [0.1, 0.15) is 13.2 Å². The number of oxime groups is 2. The third-order valence-corrected chi connectivity index (χ3v) is 3.84. The number of benzene rings is 2. The van der Waals surface area contributed by atoms with Crippen molar-refractivity contribution in [1.82, 2.24) is 0 Å². The fraction of sp³-hybridized carbons (Fsp3) is 0.364. The molecule has 30 heavy (non-hydrogen) atoms. The fourth-order valence-electron chi connectivity index (χ4n) is 2.40. The fourth-order valence-corrected chi connectivity index (χ4v) is 2.40. The highest BCUT2D eigenvalue weighted by Crippen LogP contribution is 2.27. The predicted octanol–water partition coefficient (Wildman–Crippen LogP) is 4.08. The van der Waals surface area contributed by atoms with Crippen molar-refractivity contribution in [2.24, 2.45) is 10.3 Å². The number of aromatic hydroxyl groups is 2. The Morgan fingerprint density at radius 1 is 0.733 bits per heavy atom. The molecule has 2 aromatic rings. The van der Waals surface area contributed by atoms with Gasteiger partial charge in [0.05, 0.1) is 25.6 Å². The first-order valence-electron chi connectivity index (χ1n) is 9.86. The second kappa shape index (κ2) is 12.9. The number of hydrogen-bond donors (Lipinski definition) is 2. The molecule has 2 rings (SSSR count). The third kappa shape index (κ3) is 7.90. The predicted molar refractivity (Wildman–Crippen MR) is 115 cm³/mol. The Balaban J connectivity index is 1.61. The Morgan fingerprint density at radius 2 is 1.17 bits per heavy atom. The van der Waals surface area contributed by atoms with E-state index in [1.165, 1.54) is 0 Å². The minimum Gasteiger partial charge on any atom is -0.504 e. The Hall–Kier alpha value is -3.42. The number of phenolic OH excluding ortho intramolecular Hbond substituents is 2. The number of unbranched alkanes of at least 4 members (excludes halogenated alkanes) is 1. The van der Waals surface area contributed by atoms with Crippen LogP contribution in [0.4, 0.5) is 0 Å². The van der Waals surface area contributed by atoms with E-state index in [1.807, 2.05) is 13.8 Å². The van der Waals surface area contributed by atoms with Gasteiger partial charge in [-0.15, -0.1) is 0 Å². The first-order chi connectivity index (χ1) is 14.6. The summed E-state index contributed by atoms with van der Waals surface area (Å²) in [6.45, 7) is 5.55. The minimum atomic E-state index is 0.0951. The van der Waals surface area contributed by atoms with Crippen molar-refractivity contribution in [3.63, 3.8) is 0 Å². The van der Waals surface area contributed by atoms with Crippen LogP contribution in [0.15, 0.2) is 46.7 Å². The molecule has 0 aliphatic carbocycles. The van der Waals surface area contributed by atoms with Gasteiger partial charge in [-0.25, -0.2) is 0 Å². The Kier molecular flexibility index (Phi) is 9.85. The van der Waals surface area contributed by atoms with Crippen LogP contribution in [0.5, 0.6) is 23.0 Å². The van der Waals surface area contributed by atoms with Crippen LogP contribution in [0.1, 0.15) is 37.8 Å². The van der Waals surface area contributed by atoms with Gasteiger partial charge in [-0.1, -0.05) is 10.3 Å². The van der Waals surface area contributed by atoms with Crippen LogP contribution in [-0.2, 0) is 9.68 Å². The van der Waals surface area contributed by atoms with Crippen LogP contribution in [0, 0.1) is 0 Å². The second-order valence-corrected chi connectivity index (χ2v) is 6.16. The maximum Gasteiger partial charge on any atom is 0.161 e. The summed E-state index contributed by atoms with van der Waals surface area (Å²) < 4.78 is 10.6. The van der Waals surface area contributed by atoms with Crippen LogP contribution in [-0.4, -0.2) is 49.1 Å². The minimum absolute atomic E-state index is 0.0951. The molecular formula is C22H28N2O6. The van der Waals surface area contributed by atoms with Gasteiger partial charge in [-0.3, -0.25) is 0 Å². The Morgan fingerprint density at radius 3 is 1.57 bits per heavy atom. The number of phenols is 2. The zero-order valence-electron chi connectivity index (χ0n) is 17.3. The molecule has 2 N–H and O–H groups in total. The lowest BCUT2D eigenvalue weighted by molar-refractivity contribution is 0.112. The Bertz CT molecular complexity index is 769. The normalized spacial score (nSPS) is 11.1. The van der Waals surface area contributed by atoms with E-state index < -0.39 is 0 Å². The first kappa shape index (κ1) is 22.9. The maximum absolute atomic E-state index is 9.67. The molecule has 0 aliphatic rings. The van der Waals surface area contributed by atoms with E-state index in [-0.39, 0.29) is 11.5 Å². The van der Waals surface area contributed by atoms with Crippen molar-refractivity contribution < 1.29 is 29.4 Å². The van der Waals surface area contributed by atoms with Crippen LogP contribution >= 0.6 is 0 Å². The van der Waals surface area contributed by atoms with Crippen molar-refractivity contribution in [1.29, 1.82) is 0 Å². The van der Waals surface area contributed by atoms with Gasteiger partial charge in [0, 0.05) is 11.1 Å². The molecule has 0 heterocycles. The molecule has 162 valence electrons. The van der Waals surface area contributed by atoms with E-state index in [0.29, 0.717) is 37.9 Å². The van der Waals surface area contributed by atoms with E-state index in [4.69, 9.17) is 19.1 Å². The molecule has 0 radical (unpaired) electrons. The molecule has 2 aromatic carbocycles. The molecule has 8 nitrogen and oxygen atoms in total. The maximum atomic E-state index is 9.67. The van der Waals surface area contributed by atoms with Gasteiger partial charge in [0.2, 0.25) is 0 Å². The number of rotatable bonds is 13. The van der Waals surface area contributed by atoms with Crippen LogP contribution in [0.2, 0.25) is 0 Å². The highest BCUT2D eigenvalue weighted by Gasteiger charge is 2.03. The average molecular weight is 416 g/mol. The number of hydrogen-bond acceptors (Lipinski definition) is 8. The molecule has 0 unspecified atom stereocenters. The second-order valence-electron chi connectivity index (χ2n) is 6.16. The van der Waals surface area contributed by atoms with Gasteiger partial charge in [0.25, 0.3) is 0 Å². The van der Waals surface area contributed by atoms with Crippen LogP contribution < -0.4 is 9.47 Å². The van der Waals surface area contributed by atoms with Gasteiger partial charge in [0.15, 0.2) is 23.0 Å². The van der Waals surface area contributed by atoms with Gasteiger partial charge in [-0.2, -0.15) is 0 Å². The zero-order valence-corrected chi connectivity index (χ0v) is 17.3. The van der Waals surface area contributed by atoms with Crippen molar-refractivity contribution >= 4 is 12.4 Å². The molecule has 0 bridgehead atoms. The summed E-state index contributed by atoms with van der Waals surface area (Å²) in [5, 5.41) is 27.2. The number of nitrogens with zero attached hydrogens (tertiary/aromatic N) is 2. The Labute approximate surface area is 176 Å². The standard InChI is InChI=1S/C22H28N2O6/c1-3-27-21-13-17(7-9-19(21)25)15-23-29-11-5-6-12-30-24-16-18-8-10-20(26)22(14-18)28-4-2/h7-10,13-16,25-26H,3-6,11-12H2,1-2H3/b23-15+,24-16+. The molecule has 0 amide bonds. The average Bonchev–Trinajstić information content (AvgIpc) is 2.74. The molecule has 0 aliphatic heterocycles. The monoisotopic (exact) mass is 416 g/mol. The largest absolute Gasteiger partial charge is 0.504 e. The van der Waals surface area contributed by atoms with E-state index in [2.05, 4.69) is 10.3 Å². The van der Waals surface area contributed by atoms with Crippen molar-refractivity contribution in [2.75, 3.05) is 26.4 Å². The zero-order chi connectivity index (χ0) is 21.6. The molecule has 8 heteroatoms. The summed E-state index contributed by atoms with van der Waals surface area (Å²) in [5.74, 6) is 1.02. The summed E-state index contributed by atoms with van der Waals surface area (Å²) in [6.07, 6.45) is 4.66. The van der Waals surface area contributed by atoms with Gasteiger partial charge < -0.3 is 29.4 Å². The lowest BCUT2D eigenvalue weighted by Gasteiger charge is -2.06. The smallest absolute Gasteiger partial charge is 0.161 e. The third-order valence-electron chi connectivity index (χ3n) is 3.84. The summed E-state index contributed by atoms with van der Waals surface area (Å²) in [7, 11) is 0. The summed E-state index contributed by atoms with van der Waals surface area (Å²) in [5.41, 5.74) is 1.55. The quantitative estimate of drug-likeness (QED) is 0.290. The van der Waals surface area contributed by atoms with Crippen molar-refractivity contribution in [3.05, 3.63) is 47.5 Å². The molecule has 0 spiro atoms. The lowest BCUT2D eigenvalue weighted by atomic mass is 10.2.